The summed E-state index contributed by atoms with van der Waals surface area (Å²) in [4.78, 5) is 0. The normalized spacial score (nSPS) is 11.3. The van der Waals surface area contributed by atoms with E-state index in [1.807, 2.05) is 11.8 Å². The van der Waals surface area contributed by atoms with Crippen LogP contribution in [0.3, 0.4) is 0 Å². The van der Waals surface area contributed by atoms with Gasteiger partial charge in [-0.3, -0.25) is 0 Å². The Balaban J connectivity index is 2.60. The number of hydrogen-bond acceptors (Lipinski definition) is 2. The van der Waals surface area contributed by atoms with Crippen LogP contribution in [0.4, 0.5) is 0 Å². The van der Waals surface area contributed by atoms with Gasteiger partial charge in [0.25, 0.3) is 0 Å². The molecule has 1 heterocycles. The molecule has 0 aliphatic carbocycles. The fraction of sp³-hybridized carbons (Fsp3) is 0.500. The molecule has 0 spiro atoms. The third-order valence-electron chi connectivity index (χ3n) is 3.36. The smallest absolute Gasteiger partial charge is 0.164 e. The second kappa shape index (κ2) is 5.83. The second-order valence-corrected chi connectivity index (χ2v) is 6.04. The predicted octanol–water partition coefficient (Wildman–Crippen LogP) is 5.50. The summed E-state index contributed by atoms with van der Waals surface area (Å²) in [6.07, 6.45) is 3.60. The summed E-state index contributed by atoms with van der Waals surface area (Å²) < 4.78 is 6.11. The Morgan fingerprint density at radius 1 is 1.11 bits per heavy atom. The van der Waals surface area contributed by atoms with Crippen LogP contribution in [-0.2, 0) is 6.42 Å². The van der Waals surface area contributed by atoms with Crippen molar-refractivity contribution in [3.63, 3.8) is 0 Å². The van der Waals surface area contributed by atoms with Gasteiger partial charge in [0.2, 0.25) is 0 Å². The van der Waals surface area contributed by atoms with Crippen molar-refractivity contribution in [2.24, 2.45) is 0 Å². The van der Waals surface area contributed by atoms with Gasteiger partial charge in [-0.05, 0) is 43.6 Å². The maximum atomic E-state index is 6.11. The average Bonchev–Trinajstić information content (AvgIpc) is 2.72. The summed E-state index contributed by atoms with van der Waals surface area (Å²) in [5.41, 5.74) is 5.11. The van der Waals surface area contributed by atoms with Gasteiger partial charge in [0.05, 0.1) is 0 Å². The van der Waals surface area contributed by atoms with Crippen molar-refractivity contribution in [1.82, 2.24) is 0 Å². The maximum absolute atomic E-state index is 6.11. The van der Waals surface area contributed by atoms with E-state index in [0.29, 0.717) is 0 Å². The lowest BCUT2D eigenvalue weighted by Crippen LogP contribution is -1.88. The summed E-state index contributed by atoms with van der Waals surface area (Å²) in [5.74, 6) is 1.07. The van der Waals surface area contributed by atoms with E-state index in [1.165, 1.54) is 34.9 Å². The van der Waals surface area contributed by atoms with Crippen LogP contribution in [0.15, 0.2) is 21.6 Å². The van der Waals surface area contributed by atoms with Crippen LogP contribution >= 0.6 is 11.8 Å². The van der Waals surface area contributed by atoms with Crippen molar-refractivity contribution in [3.8, 4) is 0 Å². The minimum atomic E-state index is 1.07. The number of thioether (sulfide) groups is 1. The number of unbranched alkanes of at least 4 members (excludes halogenated alkanes) is 1. The van der Waals surface area contributed by atoms with Crippen LogP contribution in [0.2, 0.25) is 0 Å². The van der Waals surface area contributed by atoms with Crippen LogP contribution in [0.1, 0.15) is 43.4 Å². The van der Waals surface area contributed by atoms with Crippen molar-refractivity contribution in [2.75, 3.05) is 5.75 Å². The first-order chi connectivity index (χ1) is 8.69. The Hall–Kier alpha value is -0.890. The molecule has 98 valence electrons. The lowest BCUT2D eigenvalue weighted by atomic mass is 10.0. The van der Waals surface area contributed by atoms with Crippen LogP contribution in [0.5, 0.6) is 0 Å². The standard InChI is InChI=1S/C16H22OS/c1-5-7-8-13-14-11(3)9-10-12(4)15(14)17-16(13)18-6-2/h9-10H,5-8H2,1-4H3. The molecule has 0 fully saturated rings. The van der Waals surface area contributed by atoms with Gasteiger partial charge in [-0.15, -0.1) is 0 Å². The largest absolute Gasteiger partial charge is 0.449 e. The van der Waals surface area contributed by atoms with E-state index in [-0.39, 0.29) is 0 Å². The number of hydrogen-bond donors (Lipinski definition) is 0. The first-order valence-corrected chi connectivity index (χ1v) is 7.82. The number of fused-ring (bicyclic) bond motifs is 1. The van der Waals surface area contributed by atoms with Crippen molar-refractivity contribution in [3.05, 3.63) is 28.8 Å². The molecule has 2 heteroatoms. The molecule has 0 saturated heterocycles. The van der Waals surface area contributed by atoms with Crippen LogP contribution in [0, 0.1) is 13.8 Å². The maximum Gasteiger partial charge on any atom is 0.164 e. The van der Waals surface area contributed by atoms with Gasteiger partial charge >= 0.3 is 0 Å². The predicted molar refractivity (Wildman–Crippen MR) is 80.7 cm³/mol. The highest BCUT2D eigenvalue weighted by Crippen LogP contribution is 2.37. The Kier molecular flexibility index (Phi) is 4.39. The first-order valence-electron chi connectivity index (χ1n) is 6.83. The van der Waals surface area contributed by atoms with Gasteiger partial charge < -0.3 is 4.42 Å². The van der Waals surface area contributed by atoms with E-state index >= 15 is 0 Å². The van der Waals surface area contributed by atoms with Crippen molar-refractivity contribution >= 4 is 22.7 Å². The highest BCUT2D eigenvalue weighted by molar-refractivity contribution is 7.99. The minimum absolute atomic E-state index is 1.07. The second-order valence-electron chi connectivity index (χ2n) is 4.81. The fourth-order valence-corrected chi connectivity index (χ4v) is 3.16. The molecular weight excluding hydrogens is 240 g/mol. The van der Waals surface area contributed by atoms with E-state index in [2.05, 4.69) is 39.8 Å². The highest BCUT2D eigenvalue weighted by Gasteiger charge is 2.16. The monoisotopic (exact) mass is 262 g/mol. The van der Waals surface area contributed by atoms with Crippen molar-refractivity contribution < 1.29 is 4.42 Å². The Bertz CT molecular complexity index is 540. The zero-order valence-electron chi connectivity index (χ0n) is 11.8. The molecule has 0 saturated carbocycles. The van der Waals surface area contributed by atoms with Crippen molar-refractivity contribution in [1.29, 1.82) is 0 Å². The first kappa shape index (κ1) is 13.5. The third-order valence-corrected chi connectivity index (χ3v) is 4.24. The van der Waals surface area contributed by atoms with Crippen LogP contribution < -0.4 is 0 Å². The van der Waals surface area contributed by atoms with Gasteiger partial charge in [-0.1, -0.05) is 44.2 Å². The topological polar surface area (TPSA) is 13.1 Å². The van der Waals surface area contributed by atoms with E-state index in [9.17, 15) is 0 Å². The van der Waals surface area contributed by atoms with Gasteiger partial charge in [-0.2, -0.15) is 0 Å². The Morgan fingerprint density at radius 2 is 1.83 bits per heavy atom. The van der Waals surface area contributed by atoms with E-state index in [4.69, 9.17) is 4.42 Å². The zero-order chi connectivity index (χ0) is 13.1. The Morgan fingerprint density at radius 3 is 2.50 bits per heavy atom. The van der Waals surface area contributed by atoms with E-state index in [1.54, 1.807) is 0 Å². The molecule has 1 nitrogen and oxygen atoms in total. The van der Waals surface area contributed by atoms with Crippen molar-refractivity contribution in [2.45, 2.75) is 52.0 Å². The Labute approximate surface area is 114 Å². The number of benzene rings is 1. The van der Waals surface area contributed by atoms with Gasteiger partial charge in [0.15, 0.2) is 5.09 Å². The quantitative estimate of drug-likeness (QED) is 0.660. The summed E-state index contributed by atoms with van der Waals surface area (Å²) in [7, 11) is 0. The summed E-state index contributed by atoms with van der Waals surface area (Å²) >= 11 is 1.83. The third kappa shape index (κ3) is 2.44. The molecule has 18 heavy (non-hydrogen) atoms. The molecule has 1 aromatic carbocycles. The molecule has 2 rings (SSSR count). The summed E-state index contributed by atoms with van der Waals surface area (Å²) in [6.45, 7) is 8.75. The molecule has 0 amide bonds. The summed E-state index contributed by atoms with van der Waals surface area (Å²) in [5, 5.41) is 2.50. The molecule has 0 unspecified atom stereocenters. The molecule has 0 atom stereocenters. The molecule has 0 aliphatic rings. The SMILES string of the molecule is CCCCc1c(SCC)oc2c(C)ccc(C)c12. The van der Waals surface area contributed by atoms with Gasteiger partial charge in [0.1, 0.15) is 5.58 Å². The fourth-order valence-electron chi connectivity index (χ4n) is 2.38. The summed E-state index contributed by atoms with van der Waals surface area (Å²) in [6, 6.07) is 4.37. The van der Waals surface area contributed by atoms with E-state index in [0.717, 1.165) is 22.8 Å². The lowest BCUT2D eigenvalue weighted by molar-refractivity contribution is 0.503. The number of aryl methyl sites for hydroxylation is 3. The zero-order valence-corrected chi connectivity index (χ0v) is 12.6. The number of furan rings is 1. The molecule has 2 aromatic rings. The molecule has 0 aliphatic heterocycles. The molecule has 0 radical (unpaired) electrons. The highest BCUT2D eigenvalue weighted by atomic mass is 32.2. The molecule has 0 bridgehead atoms. The van der Waals surface area contributed by atoms with E-state index < -0.39 is 0 Å². The minimum Gasteiger partial charge on any atom is -0.449 e. The molecule has 0 N–H and O–H groups in total. The number of rotatable bonds is 5. The molecular formula is C16H22OS. The van der Waals surface area contributed by atoms with Gasteiger partial charge in [-0.25, -0.2) is 0 Å². The average molecular weight is 262 g/mol. The van der Waals surface area contributed by atoms with Gasteiger partial charge in [0, 0.05) is 10.9 Å². The van der Waals surface area contributed by atoms with Crippen LogP contribution in [0.25, 0.3) is 11.0 Å². The lowest BCUT2D eigenvalue weighted by Gasteiger charge is -2.03. The molecule has 1 aromatic heterocycles. The van der Waals surface area contributed by atoms with Crippen LogP contribution in [-0.4, -0.2) is 5.75 Å².